The van der Waals surface area contributed by atoms with Gasteiger partial charge in [0.05, 0.1) is 25.5 Å². The molecule has 3 heterocycles. The van der Waals surface area contributed by atoms with Crippen molar-refractivity contribution >= 4 is 0 Å². The number of benzene rings is 1. The lowest BCUT2D eigenvalue weighted by molar-refractivity contribution is 0.206. The molecule has 1 aliphatic heterocycles. The van der Waals surface area contributed by atoms with E-state index in [4.69, 9.17) is 4.74 Å². The van der Waals surface area contributed by atoms with Crippen LogP contribution in [0, 0.1) is 6.92 Å². The summed E-state index contributed by atoms with van der Waals surface area (Å²) in [5, 5.41) is 0. The first-order chi connectivity index (χ1) is 12.2. The number of fused-ring (bicyclic) bond motifs is 1. The summed E-state index contributed by atoms with van der Waals surface area (Å²) in [5.74, 6) is 1.82. The molecule has 0 amide bonds. The van der Waals surface area contributed by atoms with E-state index in [-0.39, 0.29) is 0 Å². The molecule has 5 nitrogen and oxygen atoms in total. The van der Waals surface area contributed by atoms with Gasteiger partial charge in [-0.1, -0.05) is 29.8 Å². The summed E-state index contributed by atoms with van der Waals surface area (Å²) in [7, 11) is 1.67. The number of aryl methyl sites for hydroxylation is 1. The fraction of sp³-hybridized carbons (Fsp3) is 0.300. The van der Waals surface area contributed by atoms with Crippen LogP contribution in [0.25, 0.3) is 11.3 Å². The molecule has 128 valence electrons. The second-order valence-electron chi connectivity index (χ2n) is 6.46. The predicted molar refractivity (Wildman–Crippen MR) is 97.3 cm³/mol. The molecule has 25 heavy (non-hydrogen) atoms. The average Bonchev–Trinajstić information content (AvgIpc) is 3.05. The Morgan fingerprint density at radius 3 is 2.88 bits per heavy atom. The van der Waals surface area contributed by atoms with Crippen LogP contribution in [0.1, 0.15) is 17.0 Å². The van der Waals surface area contributed by atoms with Gasteiger partial charge in [0, 0.05) is 37.0 Å². The first kappa shape index (κ1) is 15.8. The minimum Gasteiger partial charge on any atom is -0.481 e. The highest BCUT2D eigenvalue weighted by Crippen LogP contribution is 2.26. The molecule has 0 radical (unpaired) electrons. The van der Waals surface area contributed by atoms with Gasteiger partial charge >= 0.3 is 0 Å². The molecule has 0 N–H and O–H groups in total. The second-order valence-corrected chi connectivity index (χ2v) is 6.46. The van der Waals surface area contributed by atoms with Crippen molar-refractivity contribution in [3.8, 4) is 17.1 Å². The van der Waals surface area contributed by atoms with Gasteiger partial charge < -0.3 is 9.30 Å². The Kier molecular flexibility index (Phi) is 4.24. The van der Waals surface area contributed by atoms with Crippen LogP contribution >= 0.6 is 0 Å². The van der Waals surface area contributed by atoms with Crippen LogP contribution in [0.2, 0.25) is 0 Å². The van der Waals surface area contributed by atoms with Crippen LogP contribution in [0.4, 0.5) is 0 Å². The van der Waals surface area contributed by atoms with E-state index in [0.29, 0.717) is 5.88 Å². The Morgan fingerprint density at radius 2 is 2.04 bits per heavy atom. The number of nitrogens with zero attached hydrogens (tertiary/aromatic N) is 4. The number of aromatic nitrogens is 3. The maximum absolute atomic E-state index is 5.37. The number of ether oxygens (including phenoxy) is 1. The number of methoxy groups -OCH3 is 1. The van der Waals surface area contributed by atoms with Crippen LogP contribution in [-0.2, 0) is 19.6 Å². The maximum atomic E-state index is 5.37. The van der Waals surface area contributed by atoms with Gasteiger partial charge in [-0.05, 0) is 19.1 Å². The molecular formula is C20H22N4O. The van der Waals surface area contributed by atoms with Crippen molar-refractivity contribution in [1.29, 1.82) is 0 Å². The summed E-state index contributed by atoms with van der Waals surface area (Å²) in [6, 6.07) is 12.6. The molecule has 0 atom stereocenters. The lowest BCUT2D eigenvalue weighted by Gasteiger charge is -2.28. The SMILES string of the molecule is COc1ncccc1CN1CCn2c(-c3cccc(C)c3)cnc2C1. The van der Waals surface area contributed by atoms with E-state index in [2.05, 4.69) is 56.7 Å². The average molecular weight is 334 g/mol. The van der Waals surface area contributed by atoms with E-state index in [0.717, 1.165) is 37.6 Å². The van der Waals surface area contributed by atoms with Gasteiger partial charge in [0.1, 0.15) is 5.82 Å². The number of rotatable bonds is 4. The highest BCUT2D eigenvalue weighted by atomic mass is 16.5. The van der Waals surface area contributed by atoms with E-state index in [9.17, 15) is 0 Å². The van der Waals surface area contributed by atoms with E-state index in [1.807, 2.05) is 12.3 Å². The summed E-state index contributed by atoms with van der Waals surface area (Å²) in [6.07, 6.45) is 3.76. The van der Waals surface area contributed by atoms with Crippen molar-refractivity contribution in [2.45, 2.75) is 26.6 Å². The van der Waals surface area contributed by atoms with E-state index < -0.39 is 0 Å². The quantitative estimate of drug-likeness (QED) is 0.734. The van der Waals surface area contributed by atoms with Gasteiger partial charge in [0.15, 0.2) is 0 Å². The summed E-state index contributed by atoms with van der Waals surface area (Å²) >= 11 is 0. The van der Waals surface area contributed by atoms with Gasteiger partial charge in [0.2, 0.25) is 5.88 Å². The predicted octanol–water partition coefficient (Wildman–Crippen LogP) is 3.28. The highest BCUT2D eigenvalue weighted by molar-refractivity contribution is 5.60. The fourth-order valence-electron chi connectivity index (χ4n) is 3.45. The second kappa shape index (κ2) is 6.69. The normalized spacial score (nSPS) is 14.3. The summed E-state index contributed by atoms with van der Waals surface area (Å²) < 4.78 is 7.71. The molecule has 1 aliphatic rings. The third kappa shape index (κ3) is 3.15. The molecule has 4 rings (SSSR count). The molecule has 0 unspecified atom stereocenters. The zero-order valence-electron chi connectivity index (χ0n) is 14.6. The van der Waals surface area contributed by atoms with E-state index >= 15 is 0 Å². The van der Waals surface area contributed by atoms with Crippen molar-refractivity contribution in [2.75, 3.05) is 13.7 Å². The first-order valence-electron chi connectivity index (χ1n) is 8.56. The molecule has 1 aromatic carbocycles. The van der Waals surface area contributed by atoms with Crippen molar-refractivity contribution in [1.82, 2.24) is 19.4 Å². The van der Waals surface area contributed by atoms with Crippen molar-refractivity contribution in [3.05, 3.63) is 65.7 Å². The zero-order chi connectivity index (χ0) is 17.2. The van der Waals surface area contributed by atoms with Crippen LogP contribution in [0.3, 0.4) is 0 Å². The van der Waals surface area contributed by atoms with Crippen LogP contribution in [-0.4, -0.2) is 33.1 Å². The van der Waals surface area contributed by atoms with Crippen molar-refractivity contribution in [3.63, 3.8) is 0 Å². The highest BCUT2D eigenvalue weighted by Gasteiger charge is 2.21. The Balaban J connectivity index is 1.55. The van der Waals surface area contributed by atoms with Gasteiger partial charge in [0.25, 0.3) is 0 Å². The van der Waals surface area contributed by atoms with E-state index in [1.165, 1.54) is 16.8 Å². The topological polar surface area (TPSA) is 43.2 Å². The smallest absolute Gasteiger partial charge is 0.217 e. The maximum Gasteiger partial charge on any atom is 0.217 e. The molecule has 0 spiro atoms. The molecular weight excluding hydrogens is 312 g/mol. The van der Waals surface area contributed by atoms with Crippen LogP contribution in [0.5, 0.6) is 5.88 Å². The molecule has 0 bridgehead atoms. The molecule has 0 aliphatic carbocycles. The van der Waals surface area contributed by atoms with E-state index in [1.54, 1.807) is 13.3 Å². The zero-order valence-corrected chi connectivity index (χ0v) is 14.6. The molecule has 3 aromatic rings. The molecule has 2 aromatic heterocycles. The number of imidazole rings is 1. The Bertz CT molecular complexity index is 887. The molecule has 0 saturated carbocycles. The molecule has 5 heteroatoms. The summed E-state index contributed by atoms with van der Waals surface area (Å²) in [6.45, 7) is 5.72. The lowest BCUT2D eigenvalue weighted by Crippen LogP contribution is -2.33. The first-order valence-corrected chi connectivity index (χ1v) is 8.56. The third-order valence-electron chi connectivity index (χ3n) is 4.69. The molecule has 0 fully saturated rings. The van der Waals surface area contributed by atoms with Crippen molar-refractivity contribution in [2.24, 2.45) is 0 Å². The van der Waals surface area contributed by atoms with Crippen LogP contribution < -0.4 is 4.74 Å². The van der Waals surface area contributed by atoms with Gasteiger partial charge in [-0.3, -0.25) is 4.90 Å². The molecule has 0 saturated heterocycles. The van der Waals surface area contributed by atoms with Gasteiger partial charge in [-0.2, -0.15) is 0 Å². The fourth-order valence-corrected chi connectivity index (χ4v) is 3.45. The third-order valence-corrected chi connectivity index (χ3v) is 4.69. The monoisotopic (exact) mass is 334 g/mol. The Hall–Kier alpha value is -2.66. The number of hydrogen-bond donors (Lipinski definition) is 0. The Labute approximate surface area is 147 Å². The Morgan fingerprint density at radius 1 is 1.12 bits per heavy atom. The standard InChI is InChI=1S/C20H22N4O/c1-15-5-3-6-16(11-15)18-12-22-19-14-23(9-10-24(18)19)13-17-7-4-8-21-20(17)25-2/h3-8,11-12H,9-10,13-14H2,1-2H3. The summed E-state index contributed by atoms with van der Waals surface area (Å²) in [5.41, 5.74) is 4.83. The van der Waals surface area contributed by atoms with Gasteiger partial charge in [-0.15, -0.1) is 0 Å². The number of hydrogen-bond acceptors (Lipinski definition) is 4. The minimum atomic E-state index is 0.705. The lowest BCUT2D eigenvalue weighted by atomic mass is 10.1. The van der Waals surface area contributed by atoms with Crippen LogP contribution in [0.15, 0.2) is 48.8 Å². The summed E-state index contributed by atoms with van der Waals surface area (Å²) in [4.78, 5) is 11.4. The van der Waals surface area contributed by atoms with Crippen molar-refractivity contribution < 1.29 is 4.74 Å². The van der Waals surface area contributed by atoms with Gasteiger partial charge in [-0.25, -0.2) is 9.97 Å². The largest absolute Gasteiger partial charge is 0.481 e. The minimum absolute atomic E-state index is 0.705. The number of pyridine rings is 1.